The summed E-state index contributed by atoms with van der Waals surface area (Å²) in [6.45, 7) is 9.45. The van der Waals surface area contributed by atoms with Gasteiger partial charge in [0, 0.05) is 17.1 Å². The molecule has 0 aromatic heterocycles. The van der Waals surface area contributed by atoms with Gasteiger partial charge in [0.1, 0.15) is 0 Å². The summed E-state index contributed by atoms with van der Waals surface area (Å²) in [6.07, 6.45) is 6.47. The van der Waals surface area contributed by atoms with Gasteiger partial charge in [0.25, 0.3) is 0 Å². The summed E-state index contributed by atoms with van der Waals surface area (Å²) in [5, 5.41) is 4.64. The number of benzene rings is 1. The standard InChI is InChI=1S/C19H30ClN/c1-14(13-15-5-9-17(20)10-6-15)21-18-11-7-16(8-12-18)19(2,3)4/h5-6,9-10,14,16,18,21H,7-8,11-13H2,1-4H3. The van der Waals surface area contributed by atoms with Crippen LogP contribution in [-0.2, 0) is 6.42 Å². The summed E-state index contributed by atoms with van der Waals surface area (Å²) in [7, 11) is 0. The lowest BCUT2D eigenvalue weighted by atomic mass is 9.71. The first-order valence-electron chi connectivity index (χ1n) is 8.35. The molecule has 0 heterocycles. The average Bonchev–Trinajstić information content (AvgIpc) is 2.41. The molecule has 0 radical (unpaired) electrons. The molecule has 1 atom stereocenters. The number of hydrogen-bond donors (Lipinski definition) is 1. The molecule has 0 aliphatic heterocycles. The van der Waals surface area contributed by atoms with Crippen molar-refractivity contribution in [2.24, 2.45) is 11.3 Å². The minimum absolute atomic E-state index is 0.472. The molecular formula is C19H30ClN. The first-order chi connectivity index (χ1) is 9.84. The van der Waals surface area contributed by atoms with E-state index in [4.69, 9.17) is 11.6 Å². The molecular weight excluding hydrogens is 278 g/mol. The van der Waals surface area contributed by atoms with E-state index >= 15 is 0 Å². The molecule has 2 rings (SSSR count). The van der Waals surface area contributed by atoms with E-state index in [1.165, 1.54) is 31.2 Å². The van der Waals surface area contributed by atoms with E-state index in [-0.39, 0.29) is 0 Å². The maximum atomic E-state index is 5.94. The van der Waals surface area contributed by atoms with Gasteiger partial charge in [-0.3, -0.25) is 0 Å². The molecule has 1 aliphatic rings. The highest BCUT2D eigenvalue weighted by molar-refractivity contribution is 6.30. The highest BCUT2D eigenvalue weighted by Crippen LogP contribution is 2.37. The van der Waals surface area contributed by atoms with Crippen LogP contribution in [0.3, 0.4) is 0 Å². The molecule has 2 heteroatoms. The average molecular weight is 308 g/mol. The SMILES string of the molecule is CC(Cc1ccc(Cl)cc1)NC1CCC(C(C)(C)C)CC1. The molecule has 118 valence electrons. The Kier molecular flexibility index (Phi) is 5.73. The summed E-state index contributed by atoms with van der Waals surface area (Å²) in [5.74, 6) is 0.891. The molecule has 1 aliphatic carbocycles. The van der Waals surface area contributed by atoms with Crippen LogP contribution in [0.2, 0.25) is 5.02 Å². The fourth-order valence-electron chi connectivity index (χ4n) is 3.56. The smallest absolute Gasteiger partial charge is 0.0406 e. The van der Waals surface area contributed by atoms with Gasteiger partial charge < -0.3 is 5.32 Å². The molecule has 1 saturated carbocycles. The minimum atomic E-state index is 0.472. The first kappa shape index (κ1) is 16.8. The lowest BCUT2D eigenvalue weighted by molar-refractivity contribution is 0.157. The van der Waals surface area contributed by atoms with Crippen molar-refractivity contribution in [2.45, 2.75) is 71.9 Å². The van der Waals surface area contributed by atoms with Crippen molar-refractivity contribution in [3.63, 3.8) is 0 Å². The molecule has 1 fully saturated rings. The van der Waals surface area contributed by atoms with Gasteiger partial charge in [0.05, 0.1) is 0 Å². The number of hydrogen-bond acceptors (Lipinski definition) is 1. The molecule has 0 saturated heterocycles. The quantitative estimate of drug-likeness (QED) is 0.778. The van der Waals surface area contributed by atoms with Crippen LogP contribution in [0.5, 0.6) is 0 Å². The van der Waals surface area contributed by atoms with Gasteiger partial charge in [-0.1, -0.05) is 44.5 Å². The van der Waals surface area contributed by atoms with Crippen LogP contribution < -0.4 is 5.32 Å². The minimum Gasteiger partial charge on any atom is -0.311 e. The van der Waals surface area contributed by atoms with E-state index in [0.29, 0.717) is 17.5 Å². The van der Waals surface area contributed by atoms with Gasteiger partial charge in [-0.2, -0.15) is 0 Å². The molecule has 0 bridgehead atoms. The molecule has 1 nitrogen and oxygen atoms in total. The predicted molar refractivity (Wildman–Crippen MR) is 93.0 cm³/mol. The van der Waals surface area contributed by atoms with Crippen molar-refractivity contribution in [3.8, 4) is 0 Å². The van der Waals surface area contributed by atoms with Crippen molar-refractivity contribution >= 4 is 11.6 Å². The zero-order chi connectivity index (χ0) is 15.5. The molecule has 0 amide bonds. The zero-order valence-electron chi connectivity index (χ0n) is 14.0. The normalized spacial score (nSPS) is 24.8. The topological polar surface area (TPSA) is 12.0 Å². The van der Waals surface area contributed by atoms with Crippen molar-refractivity contribution in [1.82, 2.24) is 5.32 Å². The van der Waals surface area contributed by atoms with Gasteiger partial charge in [0.2, 0.25) is 0 Å². The van der Waals surface area contributed by atoms with E-state index in [9.17, 15) is 0 Å². The number of halogens is 1. The van der Waals surface area contributed by atoms with E-state index in [2.05, 4.69) is 45.1 Å². The van der Waals surface area contributed by atoms with Crippen molar-refractivity contribution in [2.75, 3.05) is 0 Å². The van der Waals surface area contributed by atoms with Crippen molar-refractivity contribution in [3.05, 3.63) is 34.9 Å². The summed E-state index contributed by atoms with van der Waals surface area (Å²) in [6, 6.07) is 9.47. The highest BCUT2D eigenvalue weighted by Gasteiger charge is 2.29. The first-order valence-corrected chi connectivity index (χ1v) is 8.73. The fraction of sp³-hybridized carbons (Fsp3) is 0.684. The Morgan fingerprint density at radius 3 is 2.19 bits per heavy atom. The van der Waals surface area contributed by atoms with Gasteiger partial charge in [-0.05, 0) is 68.1 Å². The van der Waals surface area contributed by atoms with Crippen LogP contribution in [0.4, 0.5) is 0 Å². The summed E-state index contributed by atoms with van der Waals surface area (Å²) in [5.41, 5.74) is 1.84. The number of nitrogens with one attached hydrogen (secondary N) is 1. The summed E-state index contributed by atoms with van der Waals surface area (Å²) < 4.78 is 0. The molecule has 1 N–H and O–H groups in total. The van der Waals surface area contributed by atoms with Crippen LogP contribution >= 0.6 is 11.6 Å². The van der Waals surface area contributed by atoms with Gasteiger partial charge in [-0.25, -0.2) is 0 Å². The van der Waals surface area contributed by atoms with Gasteiger partial charge in [0.15, 0.2) is 0 Å². The van der Waals surface area contributed by atoms with E-state index in [1.54, 1.807) is 0 Å². The number of rotatable bonds is 4. The third kappa shape index (κ3) is 5.30. The maximum absolute atomic E-state index is 5.94. The lowest BCUT2D eigenvalue weighted by Crippen LogP contribution is -2.41. The van der Waals surface area contributed by atoms with E-state index < -0.39 is 0 Å². The molecule has 1 aromatic carbocycles. The second-order valence-electron chi connectivity index (χ2n) is 7.81. The van der Waals surface area contributed by atoms with Crippen LogP contribution in [0.1, 0.15) is 58.9 Å². The van der Waals surface area contributed by atoms with Gasteiger partial charge in [-0.15, -0.1) is 0 Å². The summed E-state index contributed by atoms with van der Waals surface area (Å²) >= 11 is 5.94. The zero-order valence-corrected chi connectivity index (χ0v) is 14.7. The van der Waals surface area contributed by atoms with E-state index in [0.717, 1.165) is 17.4 Å². The Morgan fingerprint density at radius 2 is 1.67 bits per heavy atom. The lowest BCUT2D eigenvalue weighted by Gasteiger charge is -2.38. The van der Waals surface area contributed by atoms with Gasteiger partial charge >= 0.3 is 0 Å². The summed E-state index contributed by atoms with van der Waals surface area (Å²) in [4.78, 5) is 0. The predicted octanol–water partition coefficient (Wildman–Crippen LogP) is 5.47. The largest absolute Gasteiger partial charge is 0.311 e. The third-order valence-corrected chi connectivity index (χ3v) is 5.18. The Balaban J connectivity index is 1.76. The van der Waals surface area contributed by atoms with E-state index in [1.807, 2.05) is 12.1 Å². The van der Waals surface area contributed by atoms with Crippen LogP contribution in [0, 0.1) is 11.3 Å². The van der Waals surface area contributed by atoms with Crippen molar-refractivity contribution in [1.29, 1.82) is 0 Å². The Bertz CT molecular complexity index is 424. The molecule has 1 unspecified atom stereocenters. The second-order valence-corrected chi connectivity index (χ2v) is 8.25. The van der Waals surface area contributed by atoms with Crippen molar-refractivity contribution < 1.29 is 0 Å². The van der Waals surface area contributed by atoms with Crippen LogP contribution in [-0.4, -0.2) is 12.1 Å². The fourth-order valence-corrected chi connectivity index (χ4v) is 3.69. The second kappa shape index (κ2) is 7.15. The molecule has 21 heavy (non-hydrogen) atoms. The highest BCUT2D eigenvalue weighted by atomic mass is 35.5. The van der Waals surface area contributed by atoms with Crippen LogP contribution in [0.25, 0.3) is 0 Å². The maximum Gasteiger partial charge on any atom is 0.0406 e. The molecule has 0 spiro atoms. The van der Waals surface area contributed by atoms with Crippen LogP contribution in [0.15, 0.2) is 24.3 Å². The monoisotopic (exact) mass is 307 g/mol. The Labute approximate surface area is 135 Å². The molecule has 1 aromatic rings. The Morgan fingerprint density at radius 1 is 1.10 bits per heavy atom. The Hall–Kier alpha value is -0.530. The third-order valence-electron chi connectivity index (χ3n) is 4.93.